The summed E-state index contributed by atoms with van der Waals surface area (Å²) in [5.74, 6) is 0.549. The molecular formula is C13H19ClN2O. The first-order valence-electron chi connectivity index (χ1n) is 5.75. The number of rotatable bonds is 2. The lowest BCUT2D eigenvalue weighted by Gasteiger charge is -2.16. The lowest BCUT2D eigenvalue weighted by Crippen LogP contribution is -2.33. The maximum absolute atomic E-state index is 11.5. The van der Waals surface area contributed by atoms with Gasteiger partial charge in [0.15, 0.2) is 0 Å². The quantitative estimate of drug-likeness (QED) is 0.873. The number of aryl methyl sites for hydroxylation is 1. The number of carbonyl (C=O) groups excluding carboxylic acids is 1. The predicted molar refractivity (Wildman–Crippen MR) is 71.4 cm³/mol. The third-order valence-corrected chi connectivity index (χ3v) is 3.34. The standard InChI is InChI=1S/C13H18N2O.ClH/c1-10-4-2-3-5-12(10)11-6-7-15(9-11)13(16)8-14;/h2-5,11H,6-9,14H2,1H3;1H. The van der Waals surface area contributed by atoms with E-state index in [2.05, 4.69) is 31.2 Å². The van der Waals surface area contributed by atoms with Gasteiger partial charge >= 0.3 is 0 Å². The van der Waals surface area contributed by atoms with E-state index in [0.29, 0.717) is 5.92 Å². The highest BCUT2D eigenvalue weighted by atomic mass is 35.5. The van der Waals surface area contributed by atoms with E-state index in [1.807, 2.05) is 4.90 Å². The van der Waals surface area contributed by atoms with Crippen LogP contribution in [0.25, 0.3) is 0 Å². The van der Waals surface area contributed by atoms with Crippen LogP contribution in [0.5, 0.6) is 0 Å². The zero-order valence-corrected chi connectivity index (χ0v) is 10.9. The average molecular weight is 255 g/mol. The number of hydrogen-bond acceptors (Lipinski definition) is 2. The zero-order valence-electron chi connectivity index (χ0n) is 10.1. The molecule has 0 aromatic heterocycles. The van der Waals surface area contributed by atoms with Gasteiger partial charge in [0.2, 0.25) is 5.91 Å². The molecule has 1 atom stereocenters. The van der Waals surface area contributed by atoms with Crippen LogP contribution in [0.3, 0.4) is 0 Å². The fourth-order valence-electron chi connectivity index (χ4n) is 2.41. The molecule has 1 heterocycles. The van der Waals surface area contributed by atoms with E-state index >= 15 is 0 Å². The lowest BCUT2D eigenvalue weighted by molar-refractivity contribution is -0.128. The predicted octanol–water partition coefficient (Wildman–Crippen LogP) is 1.69. The van der Waals surface area contributed by atoms with Crippen molar-refractivity contribution in [2.75, 3.05) is 19.6 Å². The maximum atomic E-state index is 11.5. The Morgan fingerprint density at radius 1 is 1.47 bits per heavy atom. The largest absolute Gasteiger partial charge is 0.341 e. The molecule has 2 N–H and O–H groups in total. The van der Waals surface area contributed by atoms with E-state index in [1.165, 1.54) is 11.1 Å². The second kappa shape index (κ2) is 6.03. The van der Waals surface area contributed by atoms with Gasteiger partial charge < -0.3 is 10.6 Å². The topological polar surface area (TPSA) is 46.3 Å². The number of carbonyl (C=O) groups is 1. The van der Waals surface area contributed by atoms with E-state index < -0.39 is 0 Å². The fraction of sp³-hybridized carbons (Fsp3) is 0.462. The first-order valence-corrected chi connectivity index (χ1v) is 5.75. The number of benzene rings is 1. The molecule has 1 aliphatic rings. The molecule has 0 saturated carbocycles. The molecule has 0 bridgehead atoms. The van der Waals surface area contributed by atoms with Crippen molar-refractivity contribution in [2.45, 2.75) is 19.3 Å². The molecule has 1 saturated heterocycles. The van der Waals surface area contributed by atoms with Crippen LogP contribution in [0.1, 0.15) is 23.5 Å². The van der Waals surface area contributed by atoms with Gasteiger partial charge in [0, 0.05) is 19.0 Å². The number of nitrogens with two attached hydrogens (primary N) is 1. The Morgan fingerprint density at radius 3 is 2.82 bits per heavy atom. The number of nitrogens with zero attached hydrogens (tertiary/aromatic N) is 1. The van der Waals surface area contributed by atoms with Gasteiger partial charge in [-0.15, -0.1) is 12.4 Å². The minimum absolute atomic E-state index is 0. The Kier molecular flexibility index (Phi) is 4.97. The molecule has 1 aliphatic heterocycles. The second-order valence-electron chi connectivity index (χ2n) is 4.39. The van der Waals surface area contributed by atoms with E-state index in [0.717, 1.165) is 19.5 Å². The van der Waals surface area contributed by atoms with Crippen LogP contribution in [-0.2, 0) is 4.79 Å². The average Bonchev–Trinajstić information content (AvgIpc) is 2.78. The Morgan fingerprint density at radius 2 is 2.18 bits per heavy atom. The Hall–Kier alpha value is -1.06. The smallest absolute Gasteiger partial charge is 0.236 e. The summed E-state index contributed by atoms with van der Waals surface area (Å²) in [7, 11) is 0. The third kappa shape index (κ3) is 2.99. The van der Waals surface area contributed by atoms with E-state index in [-0.39, 0.29) is 24.9 Å². The van der Waals surface area contributed by atoms with Crippen molar-refractivity contribution in [1.29, 1.82) is 0 Å². The summed E-state index contributed by atoms with van der Waals surface area (Å²) >= 11 is 0. The number of amides is 1. The first-order chi connectivity index (χ1) is 7.72. The van der Waals surface area contributed by atoms with E-state index in [4.69, 9.17) is 5.73 Å². The number of hydrogen-bond donors (Lipinski definition) is 1. The molecule has 2 rings (SSSR count). The Bertz CT molecular complexity index is 395. The minimum atomic E-state index is 0. The molecule has 17 heavy (non-hydrogen) atoms. The number of halogens is 1. The minimum Gasteiger partial charge on any atom is -0.341 e. The van der Waals surface area contributed by atoms with Crippen LogP contribution in [0.15, 0.2) is 24.3 Å². The SMILES string of the molecule is Cc1ccccc1C1CCN(C(=O)CN)C1.Cl. The molecule has 0 radical (unpaired) electrons. The normalized spacial score (nSPS) is 18.9. The third-order valence-electron chi connectivity index (χ3n) is 3.34. The van der Waals surface area contributed by atoms with Crippen LogP contribution in [0.4, 0.5) is 0 Å². The highest BCUT2D eigenvalue weighted by Crippen LogP contribution is 2.29. The van der Waals surface area contributed by atoms with Gasteiger partial charge in [-0.3, -0.25) is 4.79 Å². The van der Waals surface area contributed by atoms with Gasteiger partial charge in [-0.1, -0.05) is 24.3 Å². The maximum Gasteiger partial charge on any atom is 0.236 e. The van der Waals surface area contributed by atoms with Crippen LogP contribution >= 0.6 is 12.4 Å². The Balaban J connectivity index is 0.00000144. The first kappa shape index (κ1) is 14.0. The molecule has 1 fully saturated rings. The summed E-state index contributed by atoms with van der Waals surface area (Å²) in [5.41, 5.74) is 8.06. The van der Waals surface area contributed by atoms with Gasteiger partial charge in [0.1, 0.15) is 0 Å². The fourth-order valence-corrected chi connectivity index (χ4v) is 2.41. The summed E-state index contributed by atoms with van der Waals surface area (Å²) in [4.78, 5) is 13.3. The Labute approximate surface area is 108 Å². The van der Waals surface area contributed by atoms with Gasteiger partial charge in [0.05, 0.1) is 6.54 Å². The van der Waals surface area contributed by atoms with E-state index in [1.54, 1.807) is 0 Å². The molecule has 1 aromatic rings. The van der Waals surface area contributed by atoms with Crippen molar-refractivity contribution in [1.82, 2.24) is 4.90 Å². The monoisotopic (exact) mass is 254 g/mol. The highest BCUT2D eigenvalue weighted by molar-refractivity contribution is 5.85. The van der Waals surface area contributed by atoms with Crippen molar-refractivity contribution < 1.29 is 4.79 Å². The summed E-state index contributed by atoms with van der Waals surface area (Å²) < 4.78 is 0. The van der Waals surface area contributed by atoms with Crippen LogP contribution in [0, 0.1) is 6.92 Å². The van der Waals surface area contributed by atoms with Crippen molar-refractivity contribution in [3.63, 3.8) is 0 Å². The molecule has 3 nitrogen and oxygen atoms in total. The lowest BCUT2D eigenvalue weighted by atomic mass is 9.94. The van der Waals surface area contributed by atoms with Gasteiger partial charge in [0.25, 0.3) is 0 Å². The van der Waals surface area contributed by atoms with Crippen LogP contribution < -0.4 is 5.73 Å². The van der Waals surface area contributed by atoms with Crippen LogP contribution in [0.2, 0.25) is 0 Å². The molecule has 94 valence electrons. The summed E-state index contributed by atoms with van der Waals surface area (Å²) in [5, 5.41) is 0. The molecule has 4 heteroatoms. The van der Waals surface area contributed by atoms with E-state index in [9.17, 15) is 4.79 Å². The molecule has 0 aliphatic carbocycles. The molecular weight excluding hydrogens is 236 g/mol. The molecule has 0 spiro atoms. The van der Waals surface area contributed by atoms with Crippen molar-refractivity contribution in [3.8, 4) is 0 Å². The molecule has 1 unspecified atom stereocenters. The highest BCUT2D eigenvalue weighted by Gasteiger charge is 2.26. The molecule has 1 amide bonds. The summed E-state index contributed by atoms with van der Waals surface area (Å²) in [6, 6.07) is 8.41. The molecule has 1 aromatic carbocycles. The van der Waals surface area contributed by atoms with Crippen molar-refractivity contribution in [3.05, 3.63) is 35.4 Å². The summed E-state index contributed by atoms with van der Waals surface area (Å²) in [6.45, 7) is 3.92. The second-order valence-corrected chi connectivity index (χ2v) is 4.39. The van der Waals surface area contributed by atoms with Crippen molar-refractivity contribution >= 4 is 18.3 Å². The van der Waals surface area contributed by atoms with Crippen molar-refractivity contribution in [2.24, 2.45) is 5.73 Å². The zero-order chi connectivity index (χ0) is 11.5. The van der Waals surface area contributed by atoms with Gasteiger partial charge in [-0.05, 0) is 24.5 Å². The number of likely N-dealkylation sites (tertiary alicyclic amines) is 1. The summed E-state index contributed by atoms with van der Waals surface area (Å²) in [6.07, 6.45) is 1.05. The van der Waals surface area contributed by atoms with Gasteiger partial charge in [-0.2, -0.15) is 0 Å². The van der Waals surface area contributed by atoms with Gasteiger partial charge in [-0.25, -0.2) is 0 Å². The van der Waals surface area contributed by atoms with Crippen LogP contribution in [-0.4, -0.2) is 30.4 Å².